The average molecular weight is 546 g/mol. The van der Waals surface area contributed by atoms with Gasteiger partial charge >= 0.3 is 5.56 Å². The smallest absolute Gasteiger partial charge is 0.301 e. The van der Waals surface area contributed by atoms with E-state index in [1.165, 1.54) is 4.40 Å². The number of carbonyl (C=O) groups excluding carboxylic acids is 2. The number of hydrogen-bond donors (Lipinski definition) is 0. The first-order chi connectivity index (χ1) is 19.0. The van der Waals surface area contributed by atoms with Gasteiger partial charge in [0.15, 0.2) is 11.5 Å². The van der Waals surface area contributed by atoms with Crippen LogP contribution in [0, 0.1) is 0 Å². The van der Waals surface area contributed by atoms with Crippen LogP contribution in [0.1, 0.15) is 34.5 Å². The van der Waals surface area contributed by atoms with Gasteiger partial charge in [-0.3, -0.25) is 18.8 Å². The molecule has 0 unspecified atom stereocenters. The fraction of sp³-hybridized carbons (Fsp3) is 0.267. The number of halogens is 1. The third kappa shape index (κ3) is 6.53. The second kappa shape index (κ2) is 12.2. The maximum Gasteiger partial charge on any atom is 0.301 e. The summed E-state index contributed by atoms with van der Waals surface area (Å²) in [7, 11) is 0. The molecule has 8 nitrogen and oxygen atoms in total. The van der Waals surface area contributed by atoms with Crippen molar-refractivity contribution in [2.75, 3.05) is 31.2 Å². The Labute approximate surface area is 230 Å². The number of hydrogen-bond acceptors (Lipinski definition) is 7. The van der Waals surface area contributed by atoms with E-state index in [1.54, 1.807) is 36.5 Å². The molecule has 0 atom stereocenters. The highest BCUT2D eigenvalue weighted by Gasteiger charge is 2.22. The second-order valence-corrected chi connectivity index (χ2v) is 9.79. The molecule has 0 amide bonds. The summed E-state index contributed by atoms with van der Waals surface area (Å²) in [5.41, 5.74) is 2.33. The van der Waals surface area contributed by atoms with Crippen LogP contribution in [-0.2, 0) is 22.6 Å². The summed E-state index contributed by atoms with van der Waals surface area (Å²) in [4.78, 5) is 46.2. The van der Waals surface area contributed by atoms with Crippen molar-refractivity contribution in [1.82, 2.24) is 9.38 Å². The number of anilines is 1. The van der Waals surface area contributed by atoms with Gasteiger partial charge in [0.1, 0.15) is 18.0 Å². The van der Waals surface area contributed by atoms with E-state index < -0.39 is 11.3 Å². The molecule has 9 heteroatoms. The summed E-state index contributed by atoms with van der Waals surface area (Å²) >= 11 is 5.92. The van der Waals surface area contributed by atoms with Crippen molar-refractivity contribution >= 4 is 34.5 Å². The molecule has 0 radical (unpaired) electrons. The number of ether oxygens (including phenoxy) is 2. The number of nitrogens with zero attached hydrogens (tertiary/aromatic N) is 3. The van der Waals surface area contributed by atoms with E-state index in [0.29, 0.717) is 37.0 Å². The predicted molar refractivity (Wildman–Crippen MR) is 149 cm³/mol. The molecule has 3 heterocycles. The number of pyridine rings is 1. The molecule has 0 aliphatic carbocycles. The number of Topliss-reactive ketones (excluding diaryl/α,β-unsaturated/α-hetero) is 2. The van der Waals surface area contributed by atoms with E-state index in [-0.39, 0.29) is 43.1 Å². The molecular formula is C30H28ClN3O5. The van der Waals surface area contributed by atoms with Crippen LogP contribution in [0.3, 0.4) is 0 Å². The Bertz CT molecular complexity index is 1530. The predicted octanol–water partition coefficient (Wildman–Crippen LogP) is 4.54. The topological polar surface area (TPSA) is 90.2 Å². The number of carbonyl (C=O) groups is 2. The lowest BCUT2D eigenvalue weighted by atomic mass is 10.0. The summed E-state index contributed by atoms with van der Waals surface area (Å²) in [5.74, 6) is -0.630. The lowest BCUT2D eigenvalue weighted by Crippen LogP contribution is -2.36. The Balaban J connectivity index is 1.41. The van der Waals surface area contributed by atoms with Crippen LogP contribution in [0.2, 0.25) is 5.02 Å². The first-order valence-corrected chi connectivity index (χ1v) is 13.2. The van der Waals surface area contributed by atoms with Crippen LogP contribution >= 0.6 is 11.6 Å². The molecule has 1 aliphatic rings. The van der Waals surface area contributed by atoms with Gasteiger partial charge in [0.2, 0.25) is 5.75 Å². The highest BCUT2D eigenvalue weighted by Crippen LogP contribution is 2.21. The van der Waals surface area contributed by atoms with Crippen molar-refractivity contribution in [3.8, 4) is 5.75 Å². The van der Waals surface area contributed by atoms with Crippen LogP contribution in [0.5, 0.6) is 5.75 Å². The third-order valence-electron chi connectivity index (χ3n) is 6.58. The van der Waals surface area contributed by atoms with E-state index in [9.17, 15) is 14.4 Å². The minimum Gasteiger partial charge on any atom is -0.481 e. The van der Waals surface area contributed by atoms with Gasteiger partial charge in [-0.25, -0.2) is 4.98 Å². The lowest BCUT2D eigenvalue weighted by Gasteiger charge is -2.28. The van der Waals surface area contributed by atoms with Gasteiger partial charge in [0.25, 0.3) is 0 Å². The van der Waals surface area contributed by atoms with Crippen LogP contribution in [0.4, 0.5) is 5.69 Å². The van der Waals surface area contributed by atoms with Crippen molar-refractivity contribution in [1.29, 1.82) is 0 Å². The normalized spacial score (nSPS) is 13.4. The van der Waals surface area contributed by atoms with Gasteiger partial charge in [0, 0.05) is 43.6 Å². The highest BCUT2D eigenvalue weighted by molar-refractivity contribution is 6.30. The Morgan fingerprint density at radius 1 is 0.923 bits per heavy atom. The SMILES string of the molecule is O=C(CCC(=O)c1nc2ccc(N3CCOCC3)cn2c(=O)c1OCc1ccccc1)Cc1ccc(Cl)cc1. The van der Waals surface area contributed by atoms with Crippen LogP contribution < -0.4 is 15.2 Å². The molecule has 0 saturated carbocycles. The summed E-state index contributed by atoms with van der Waals surface area (Å²) in [6, 6.07) is 20.0. The fourth-order valence-corrected chi connectivity index (χ4v) is 4.58. The molecule has 5 rings (SSSR count). The van der Waals surface area contributed by atoms with Crippen molar-refractivity contribution in [2.45, 2.75) is 25.9 Å². The zero-order valence-corrected chi connectivity index (χ0v) is 22.1. The molecule has 1 aliphatic heterocycles. The maximum absolute atomic E-state index is 13.6. The Morgan fingerprint density at radius 2 is 1.67 bits per heavy atom. The molecule has 0 bridgehead atoms. The van der Waals surface area contributed by atoms with Gasteiger partial charge in [-0.05, 0) is 35.4 Å². The second-order valence-electron chi connectivity index (χ2n) is 9.35. The van der Waals surface area contributed by atoms with Crippen molar-refractivity contribution in [2.24, 2.45) is 0 Å². The van der Waals surface area contributed by atoms with E-state index >= 15 is 0 Å². The monoisotopic (exact) mass is 545 g/mol. The third-order valence-corrected chi connectivity index (χ3v) is 6.83. The summed E-state index contributed by atoms with van der Waals surface area (Å²) in [6.45, 7) is 2.75. The van der Waals surface area contributed by atoms with E-state index in [4.69, 9.17) is 21.1 Å². The summed E-state index contributed by atoms with van der Waals surface area (Å²) in [6.07, 6.45) is 1.86. The molecule has 39 heavy (non-hydrogen) atoms. The maximum atomic E-state index is 13.6. The van der Waals surface area contributed by atoms with Crippen LogP contribution in [0.15, 0.2) is 77.7 Å². The highest BCUT2D eigenvalue weighted by atomic mass is 35.5. The molecule has 200 valence electrons. The first-order valence-electron chi connectivity index (χ1n) is 12.8. The number of ketones is 2. The lowest BCUT2D eigenvalue weighted by molar-refractivity contribution is -0.118. The van der Waals surface area contributed by atoms with Crippen molar-refractivity contribution in [3.05, 3.63) is 105 Å². The largest absolute Gasteiger partial charge is 0.481 e. The Morgan fingerprint density at radius 3 is 2.41 bits per heavy atom. The van der Waals surface area contributed by atoms with Crippen molar-refractivity contribution in [3.63, 3.8) is 0 Å². The van der Waals surface area contributed by atoms with Gasteiger partial charge in [0.05, 0.1) is 18.9 Å². The van der Waals surface area contributed by atoms with Crippen LogP contribution in [0.25, 0.3) is 5.65 Å². The van der Waals surface area contributed by atoms with E-state index in [1.807, 2.05) is 36.4 Å². The molecule has 4 aromatic rings. The number of benzene rings is 2. The van der Waals surface area contributed by atoms with Crippen molar-refractivity contribution < 1.29 is 19.1 Å². The molecule has 2 aromatic heterocycles. The number of fused-ring (bicyclic) bond motifs is 1. The van der Waals surface area contributed by atoms with E-state index in [0.717, 1.165) is 16.8 Å². The molecule has 1 saturated heterocycles. The molecular weight excluding hydrogens is 518 g/mol. The van der Waals surface area contributed by atoms with Gasteiger partial charge in [-0.1, -0.05) is 54.1 Å². The zero-order chi connectivity index (χ0) is 27.2. The number of morpholine rings is 1. The minimum atomic E-state index is -0.470. The average Bonchev–Trinajstić information content (AvgIpc) is 2.97. The van der Waals surface area contributed by atoms with Gasteiger partial charge in [-0.2, -0.15) is 0 Å². The fourth-order valence-electron chi connectivity index (χ4n) is 4.46. The minimum absolute atomic E-state index is 0.0244. The Kier molecular flexibility index (Phi) is 8.34. The summed E-state index contributed by atoms with van der Waals surface area (Å²) < 4.78 is 12.8. The number of aromatic nitrogens is 2. The van der Waals surface area contributed by atoms with Crippen LogP contribution in [-0.4, -0.2) is 47.3 Å². The Hall–Kier alpha value is -4.01. The standard InChI is InChI=1S/C30H28ClN3O5/c31-23-8-6-21(7-9-23)18-25(35)11-12-26(36)28-29(39-20-22-4-2-1-3-5-22)30(37)34-19-24(10-13-27(34)32-28)33-14-16-38-17-15-33/h1-10,13,19H,11-12,14-18,20H2. The first kappa shape index (κ1) is 26.6. The van der Waals surface area contributed by atoms with E-state index in [2.05, 4.69) is 9.88 Å². The molecule has 0 spiro atoms. The quantitative estimate of drug-likeness (QED) is 0.270. The molecule has 2 aromatic carbocycles. The number of rotatable bonds is 10. The summed E-state index contributed by atoms with van der Waals surface area (Å²) in [5, 5.41) is 0.593. The zero-order valence-electron chi connectivity index (χ0n) is 21.3. The van der Waals surface area contributed by atoms with Gasteiger partial charge in [-0.15, -0.1) is 0 Å². The van der Waals surface area contributed by atoms with Gasteiger partial charge < -0.3 is 14.4 Å². The molecule has 1 fully saturated rings. The molecule has 0 N–H and O–H groups in total.